The van der Waals surface area contributed by atoms with Gasteiger partial charge in [0, 0.05) is 25.7 Å². The number of hydrogen-bond donors (Lipinski definition) is 1. The largest absolute Gasteiger partial charge is 0.486 e. The monoisotopic (exact) mass is 410 g/mol. The summed E-state index contributed by atoms with van der Waals surface area (Å²) in [6.45, 7) is 3.98. The van der Waals surface area contributed by atoms with Crippen molar-refractivity contribution in [1.29, 1.82) is 0 Å². The standard InChI is InChI=1S/C24H30N2O4/c1-28-24(27)21(18-8-3-2-4-9-18)14-25-19-10-7-13-26(15-19)16-20-17-29-22-11-5-6-12-23(22)30-20/h2-6,8-9,11-12,19-21,25H,7,10,13-17H2,1H3/t19-,20-,21?/m0/s1. The molecule has 2 heterocycles. The van der Waals surface area contributed by atoms with Crippen molar-refractivity contribution in [3.63, 3.8) is 0 Å². The first-order chi connectivity index (χ1) is 14.7. The molecule has 6 nitrogen and oxygen atoms in total. The first kappa shape index (κ1) is 20.7. The minimum Gasteiger partial charge on any atom is -0.486 e. The summed E-state index contributed by atoms with van der Waals surface area (Å²) in [6.07, 6.45) is 2.26. The Kier molecular flexibility index (Phi) is 6.87. The molecule has 2 aromatic rings. The first-order valence-electron chi connectivity index (χ1n) is 10.7. The fraction of sp³-hybridized carbons (Fsp3) is 0.458. The maximum Gasteiger partial charge on any atom is 0.314 e. The number of ether oxygens (including phenoxy) is 3. The summed E-state index contributed by atoms with van der Waals surface area (Å²) in [7, 11) is 1.45. The minimum atomic E-state index is -0.293. The fourth-order valence-corrected chi connectivity index (χ4v) is 4.28. The summed E-state index contributed by atoms with van der Waals surface area (Å²) in [5.41, 5.74) is 0.982. The van der Waals surface area contributed by atoms with E-state index in [1.54, 1.807) is 0 Å². The Morgan fingerprint density at radius 2 is 1.93 bits per heavy atom. The summed E-state index contributed by atoms with van der Waals surface area (Å²) in [5, 5.41) is 3.60. The van der Waals surface area contributed by atoms with Crippen LogP contribution >= 0.6 is 0 Å². The van der Waals surface area contributed by atoms with Crippen LogP contribution in [0.15, 0.2) is 54.6 Å². The average molecular weight is 411 g/mol. The molecule has 2 aliphatic rings. The van der Waals surface area contributed by atoms with E-state index in [1.165, 1.54) is 7.11 Å². The summed E-state index contributed by atoms with van der Waals surface area (Å²) in [5.74, 6) is 1.15. The highest BCUT2D eigenvalue weighted by Gasteiger charge is 2.28. The zero-order valence-electron chi connectivity index (χ0n) is 17.5. The zero-order valence-corrected chi connectivity index (χ0v) is 17.5. The molecule has 1 unspecified atom stereocenters. The highest BCUT2D eigenvalue weighted by Crippen LogP contribution is 2.31. The number of methoxy groups -OCH3 is 1. The molecule has 1 saturated heterocycles. The second-order valence-electron chi connectivity index (χ2n) is 7.99. The van der Waals surface area contributed by atoms with Crippen LogP contribution in [0.5, 0.6) is 11.5 Å². The van der Waals surface area contributed by atoms with Crippen molar-refractivity contribution in [2.75, 3.05) is 39.9 Å². The normalized spacial score (nSPS) is 22.3. The van der Waals surface area contributed by atoms with Gasteiger partial charge in [-0.2, -0.15) is 0 Å². The molecule has 30 heavy (non-hydrogen) atoms. The second kappa shape index (κ2) is 9.96. The molecule has 0 spiro atoms. The Morgan fingerprint density at radius 3 is 2.73 bits per heavy atom. The van der Waals surface area contributed by atoms with Crippen molar-refractivity contribution < 1.29 is 19.0 Å². The van der Waals surface area contributed by atoms with Crippen LogP contribution < -0.4 is 14.8 Å². The van der Waals surface area contributed by atoms with E-state index in [-0.39, 0.29) is 18.0 Å². The molecule has 0 aromatic heterocycles. The molecule has 160 valence electrons. The van der Waals surface area contributed by atoms with Gasteiger partial charge in [0.25, 0.3) is 0 Å². The number of nitrogens with zero attached hydrogens (tertiary/aromatic N) is 1. The second-order valence-corrected chi connectivity index (χ2v) is 7.99. The van der Waals surface area contributed by atoms with Gasteiger partial charge in [0.05, 0.1) is 13.0 Å². The number of fused-ring (bicyclic) bond motifs is 1. The number of piperidine rings is 1. The maximum atomic E-state index is 12.3. The van der Waals surface area contributed by atoms with Crippen molar-refractivity contribution in [1.82, 2.24) is 10.2 Å². The molecule has 2 aromatic carbocycles. The van der Waals surface area contributed by atoms with Crippen LogP contribution in [0.3, 0.4) is 0 Å². The van der Waals surface area contributed by atoms with E-state index in [0.717, 1.165) is 49.5 Å². The van der Waals surface area contributed by atoms with Gasteiger partial charge >= 0.3 is 5.97 Å². The van der Waals surface area contributed by atoms with Crippen molar-refractivity contribution in [2.24, 2.45) is 0 Å². The van der Waals surface area contributed by atoms with Gasteiger partial charge in [-0.1, -0.05) is 42.5 Å². The fourth-order valence-electron chi connectivity index (χ4n) is 4.28. The van der Waals surface area contributed by atoms with Gasteiger partial charge in [0.1, 0.15) is 12.7 Å². The molecule has 1 fully saturated rings. The molecular weight excluding hydrogens is 380 g/mol. The smallest absolute Gasteiger partial charge is 0.314 e. The summed E-state index contributed by atoms with van der Waals surface area (Å²) >= 11 is 0. The van der Waals surface area contributed by atoms with Crippen molar-refractivity contribution in [3.05, 3.63) is 60.2 Å². The summed E-state index contributed by atoms with van der Waals surface area (Å²) < 4.78 is 17.0. The van der Waals surface area contributed by atoms with E-state index >= 15 is 0 Å². The molecule has 6 heteroatoms. The lowest BCUT2D eigenvalue weighted by molar-refractivity contribution is -0.142. The van der Waals surface area contributed by atoms with Gasteiger partial charge in [-0.25, -0.2) is 0 Å². The number of carbonyl (C=O) groups excluding carboxylic acids is 1. The molecule has 0 amide bonds. The molecule has 4 rings (SSSR count). The van der Waals surface area contributed by atoms with E-state index in [4.69, 9.17) is 14.2 Å². The Labute approximate surface area is 178 Å². The van der Waals surface area contributed by atoms with Gasteiger partial charge in [0.2, 0.25) is 0 Å². The van der Waals surface area contributed by atoms with Gasteiger partial charge in [-0.3, -0.25) is 9.69 Å². The van der Waals surface area contributed by atoms with Crippen LogP contribution in [0, 0.1) is 0 Å². The van der Waals surface area contributed by atoms with Crippen LogP contribution in [0.25, 0.3) is 0 Å². The number of esters is 1. The summed E-state index contributed by atoms with van der Waals surface area (Å²) in [4.78, 5) is 14.7. The van der Waals surface area contributed by atoms with E-state index in [0.29, 0.717) is 19.2 Å². The molecule has 0 bridgehead atoms. The van der Waals surface area contributed by atoms with Crippen molar-refractivity contribution in [2.45, 2.75) is 30.9 Å². The van der Waals surface area contributed by atoms with E-state index in [9.17, 15) is 4.79 Å². The highest BCUT2D eigenvalue weighted by atomic mass is 16.6. The number of para-hydroxylation sites is 2. The summed E-state index contributed by atoms with van der Waals surface area (Å²) in [6, 6.07) is 18.0. The molecule has 2 aliphatic heterocycles. The molecule has 1 N–H and O–H groups in total. The Balaban J connectivity index is 1.30. The topological polar surface area (TPSA) is 60.0 Å². The van der Waals surface area contributed by atoms with Crippen molar-refractivity contribution in [3.8, 4) is 11.5 Å². The first-order valence-corrected chi connectivity index (χ1v) is 10.7. The average Bonchev–Trinajstić information content (AvgIpc) is 2.80. The molecule has 0 aliphatic carbocycles. The molecule has 0 saturated carbocycles. The zero-order chi connectivity index (χ0) is 20.8. The lowest BCUT2D eigenvalue weighted by Gasteiger charge is -2.37. The molecular formula is C24H30N2O4. The number of benzene rings is 2. The number of hydrogen-bond acceptors (Lipinski definition) is 6. The van der Waals surface area contributed by atoms with E-state index in [2.05, 4.69) is 10.2 Å². The number of likely N-dealkylation sites (tertiary alicyclic amines) is 1. The predicted octanol–water partition coefficient (Wildman–Crippen LogP) is 2.84. The number of carbonyl (C=O) groups is 1. The third-order valence-corrected chi connectivity index (χ3v) is 5.83. The van der Waals surface area contributed by atoms with Crippen LogP contribution in [-0.2, 0) is 9.53 Å². The SMILES string of the molecule is COC(=O)C(CN[C@H]1CCCN(C[C@H]2COc3ccccc3O2)C1)c1ccccc1. The van der Waals surface area contributed by atoms with Crippen molar-refractivity contribution >= 4 is 5.97 Å². The van der Waals surface area contributed by atoms with Gasteiger partial charge in [0.15, 0.2) is 11.5 Å². The van der Waals surface area contributed by atoms with Gasteiger partial charge < -0.3 is 19.5 Å². The Morgan fingerprint density at radius 1 is 1.17 bits per heavy atom. The minimum absolute atomic E-state index is 0.0331. The maximum absolute atomic E-state index is 12.3. The quantitative estimate of drug-likeness (QED) is 0.709. The highest BCUT2D eigenvalue weighted by molar-refractivity contribution is 5.78. The number of rotatable bonds is 7. The Hall–Kier alpha value is -2.57. The molecule has 0 radical (unpaired) electrons. The molecule has 3 atom stereocenters. The van der Waals surface area contributed by atoms with Crippen LogP contribution in [-0.4, -0.2) is 62.9 Å². The lowest BCUT2D eigenvalue weighted by atomic mass is 9.98. The van der Waals surface area contributed by atoms with Gasteiger partial charge in [-0.05, 0) is 37.1 Å². The number of nitrogens with one attached hydrogen (secondary N) is 1. The van der Waals surface area contributed by atoms with Crippen LogP contribution in [0.2, 0.25) is 0 Å². The third kappa shape index (κ3) is 5.12. The van der Waals surface area contributed by atoms with Gasteiger partial charge in [-0.15, -0.1) is 0 Å². The van der Waals surface area contributed by atoms with E-state index < -0.39 is 0 Å². The lowest BCUT2D eigenvalue weighted by Crippen LogP contribution is -2.50. The van der Waals surface area contributed by atoms with Crippen LogP contribution in [0.4, 0.5) is 0 Å². The Bertz CT molecular complexity index is 829. The van der Waals surface area contributed by atoms with Crippen LogP contribution in [0.1, 0.15) is 24.3 Å². The third-order valence-electron chi connectivity index (χ3n) is 5.83. The van der Waals surface area contributed by atoms with E-state index in [1.807, 2.05) is 54.6 Å². The predicted molar refractivity (Wildman–Crippen MR) is 115 cm³/mol.